The van der Waals surface area contributed by atoms with Gasteiger partial charge in [-0.3, -0.25) is 0 Å². The Bertz CT molecular complexity index is 734. The Labute approximate surface area is 181 Å². The Morgan fingerprint density at radius 3 is 2.30 bits per heavy atom. The Morgan fingerprint density at radius 2 is 1.73 bits per heavy atom. The van der Waals surface area contributed by atoms with Crippen molar-refractivity contribution in [2.75, 3.05) is 19.7 Å². The van der Waals surface area contributed by atoms with Crippen LogP contribution in [0, 0.1) is 5.92 Å². The number of nitrogens with zero attached hydrogens (tertiary/aromatic N) is 1. The molecule has 2 aliphatic rings. The molecule has 0 aromatic heterocycles. The third-order valence-corrected chi connectivity index (χ3v) is 6.14. The first-order valence-electron chi connectivity index (χ1n) is 10.9. The number of hydrogen-bond acceptors (Lipinski definition) is 5. The van der Waals surface area contributed by atoms with Gasteiger partial charge in [-0.15, -0.1) is 0 Å². The van der Waals surface area contributed by atoms with Gasteiger partial charge in [-0.1, -0.05) is 12.1 Å². The number of likely N-dealkylation sites (tertiary alicyclic amines) is 1. The highest BCUT2D eigenvalue weighted by atomic mass is 16.7. The number of hydrogen-bond donors (Lipinski definition) is 0. The molecule has 0 unspecified atom stereocenters. The minimum absolute atomic E-state index is 0.225. The lowest BCUT2D eigenvalue weighted by Gasteiger charge is -2.33. The van der Waals surface area contributed by atoms with Crippen molar-refractivity contribution in [2.45, 2.75) is 78.1 Å². The van der Waals surface area contributed by atoms with E-state index < -0.39 is 12.7 Å². The van der Waals surface area contributed by atoms with Gasteiger partial charge in [0.15, 0.2) is 0 Å². The SMILES string of the molecule is CC(C)(C)OC(=O)N1CCC(COc2cccc(B3OC(C)(C)C(C)(C)O3)c2)CC1. The fourth-order valence-electron chi connectivity index (χ4n) is 3.55. The zero-order valence-electron chi connectivity index (χ0n) is 19.5. The molecule has 3 rings (SSSR count). The molecule has 1 aromatic rings. The summed E-state index contributed by atoms with van der Waals surface area (Å²) in [6.45, 7) is 15.9. The molecule has 30 heavy (non-hydrogen) atoms. The van der Waals surface area contributed by atoms with Crippen molar-refractivity contribution in [2.24, 2.45) is 5.92 Å². The fraction of sp³-hybridized carbons (Fsp3) is 0.696. The molecular weight excluding hydrogens is 381 g/mol. The van der Waals surface area contributed by atoms with Crippen LogP contribution in [-0.4, -0.2) is 54.6 Å². The van der Waals surface area contributed by atoms with Gasteiger partial charge < -0.3 is 23.7 Å². The summed E-state index contributed by atoms with van der Waals surface area (Å²) in [4.78, 5) is 14.0. The first-order valence-corrected chi connectivity index (χ1v) is 10.9. The van der Waals surface area contributed by atoms with Gasteiger partial charge in [0, 0.05) is 13.1 Å². The van der Waals surface area contributed by atoms with E-state index in [1.165, 1.54) is 0 Å². The first kappa shape index (κ1) is 22.9. The van der Waals surface area contributed by atoms with Crippen molar-refractivity contribution in [1.82, 2.24) is 4.90 Å². The monoisotopic (exact) mass is 417 g/mol. The van der Waals surface area contributed by atoms with E-state index in [4.69, 9.17) is 18.8 Å². The summed E-state index contributed by atoms with van der Waals surface area (Å²) in [7, 11) is -0.393. The predicted octanol–water partition coefficient (Wildman–Crippen LogP) is 4.01. The fourth-order valence-corrected chi connectivity index (χ4v) is 3.55. The minimum Gasteiger partial charge on any atom is -0.493 e. The number of ether oxygens (including phenoxy) is 2. The molecule has 2 aliphatic heterocycles. The van der Waals surface area contributed by atoms with E-state index in [-0.39, 0.29) is 17.3 Å². The van der Waals surface area contributed by atoms with Crippen LogP contribution >= 0.6 is 0 Å². The zero-order chi connectivity index (χ0) is 22.2. The number of piperidine rings is 1. The molecular formula is C23H36BNO5. The molecule has 0 spiro atoms. The largest absolute Gasteiger partial charge is 0.494 e. The van der Waals surface area contributed by atoms with E-state index in [0.717, 1.165) is 24.1 Å². The van der Waals surface area contributed by atoms with Crippen LogP contribution < -0.4 is 10.2 Å². The Balaban J connectivity index is 1.50. The van der Waals surface area contributed by atoms with Gasteiger partial charge in [-0.05, 0) is 84.8 Å². The van der Waals surface area contributed by atoms with Crippen LogP contribution in [0.1, 0.15) is 61.3 Å². The van der Waals surface area contributed by atoms with Crippen LogP contribution in [0.5, 0.6) is 5.75 Å². The number of carbonyl (C=O) groups is 1. The molecule has 0 saturated carbocycles. The number of amides is 1. The van der Waals surface area contributed by atoms with Gasteiger partial charge in [0.25, 0.3) is 0 Å². The molecule has 1 amide bonds. The van der Waals surface area contributed by atoms with Crippen LogP contribution in [0.2, 0.25) is 0 Å². The van der Waals surface area contributed by atoms with Gasteiger partial charge in [-0.2, -0.15) is 0 Å². The maximum Gasteiger partial charge on any atom is 0.494 e. The normalized spacial score (nSPS) is 21.6. The van der Waals surface area contributed by atoms with E-state index in [0.29, 0.717) is 25.6 Å². The summed E-state index contributed by atoms with van der Waals surface area (Å²) >= 11 is 0. The minimum atomic E-state index is -0.459. The van der Waals surface area contributed by atoms with E-state index in [1.54, 1.807) is 4.90 Å². The summed E-state index contributed by atoms with van der Waals surface area (Å²) in [5, 5.41) is 0. The van der Waals surface area contributed by atoms with Crippen LogP contribution in [0.25, 0.3) is 0 Å². The third kappa shape index (κ3) is 5.49. The molecule has 2 saturated heterocycles. The summed E-state index contributed by atoms with van der Waals surface area (Å²) in [5.41, 5.74) is -0.224. The third-order valence-electron chi connectivity index (χ3n) is 6.14. The Kier molecular flexibility index (Phi) is 6.45. The summed E-state index contributed by atoms with van der Waals surface area (Å²) in [5.74, 6) is 1.24. The average molecular weight is 417 g/mol. The standard InChI is InChI=1S/C23H36BNO5/c1-21(2,3)28-20(26)25-13-11-17(12-14-25)16-27-19-10-8-9-18(15-19)24-29-22(4,5)23(6,7)30-24/h8-10,15,17H,11-14,16H2,1-7H3. The van der Waals surface area contributed by atoms with Crippen LogP contribution in [0.15, 0.2) is 24.3 Å². The van der Waals surface area contributed by atoms with Crippen molar-refractivity contribution >= 4 is 18.7 Å². The second-order valence-electron chi connectivity index (χ2n) is 10.4. The summed E-state index contributed by atoms with van der Waals surface area (Å²) in [6.07, 6.45) is 1.60. The Hall–Kier alpha value is -1.73. The molecule has 0 bridgehead atoms. The summed E-state index contributed by atoms with van der Waals surface area (Å²) in [6, 6.07) is 7.94. The number of benzene rings is 1. The lowest BCUT2D eigenvalue weighted by atomic mass is 9.79. The van der Waals surface area contributed by atoms with Crippen LogP contribution in [-0.2, 0) is 14.0 Å². The van der Waals surface area contributed by atoms with Gasteiger partial charge in [0.05, 0.1) is 17.8 Å². The molecule has 0 N–H and O–H groups in total. The van der Waals surface area contributed by atoms with Crippen molar-refractivity contribution in [3.8, 4) is 5.75 Å². The molecule has 0 radical (unpaired) electrons. The van der Waals surface area contributed by atoms with Crippen LogP contribution in [0.3, 0.4) is 0 Å². The second kappa shape index (κ2) is 8.43. The number of rotatable bonds is 4. The van der Waals surface area contributed by atoms with Gasteiger partial charge in [0.2, 0.25) is 0 Å². The number of carbonyl (C=O) groups excluding carboxylic acids is 1. The molecule has 7 heteroatoms. The highest BCUT2D eigenvalue weighted by molar-refractivity contribution is 6.62. The zero-order valence-corrected chi connectivity index (χ0v) is 19.5. The van der Waals surface area contributed by atoms with Crippen molar-refractivity contribution in [1.29, 1.82) is 0 Å². The highest BCUT2D eigenvalue weighted by Crippen LogP contribution is 2.36. The second-order valence-corrected chi connectivity index (χ2v) is 10.4. The van der Waals surface area contributed by atoms with Crippen molar-refractivity contribution in [3.63, 3.8) is 0 Å². The van der Waals surface area contributed by atoms with Gasteiger partial charge in [0.1, 0.15) is 11.4 Å². The molecule has 2 fully saturated rings. The topological polar surface area (TPSA) is 57.2 Å². The average Bonchev–Trinajstić information content (AvgIpc) is 2.87. The van der Waals surface area contributed by atoms with E-state index >= 15 is 0 Å². The molecule has 6 nitrogen and oxygen atoms in total. The van der Waals surface area contributed by atoms with Crippen LogP contribution in [0.4, 0.5) is 4.79 Å². The maximum absolute atomic E-state index is 12.2. The van der Waals surface area contributed by atoms with Gasteiger partial charge >= 0.3 is 13.2 Å². The molecule has 0 atom stereocenters. The quantitative estimate of drug-likeness (QED) is 0.693. The van der Waals surface area contributed by atoms with E-state index in [1.807, 2.05) is 45.0 Å². The first-order chi connectivity index (χ1) is 13.9. The lowest BCUT2D eigenvalue weighted by Crippen LogP contribution is -2.42. The molecule has 166 valence electrons. The summed E-state index contributed by atoms with van der Waals surface area (Å²) < 4.78 is 23.8. The van der Waals surface area contributed by atoms with E-state index in [2.05, 4.69) is 27.7 Å². The van der Waals surface area contributed by atoms with Crippen molar-refractivity contribution in [3.05, 3.63) is 24.3 Å². The van der Waals surface area contributed by atoms with Crippen molar-refractivity contribution < 1.29 is 23.6 Å². The van der Waals surface area contributed by atoms with Gasteiger partial charge in [-0.25, -0.2) is 4.79 Å². The lowest BCUT2D eigenvalue weighted by molar-refractivity contribution is 0.00578. The molecule has 2 heterocycles. The Morgan fingerprint density at radius 1 is 1.13 bits per heavy atom. The smallest absolute Gasteiger partial charge is 0.493 e. The maximum atomic E-state index is 12.2. The van der Waals surface area contributed by atoms with E-state index in [9.17, 15) is 4.79 Å². The molecule has 0 aliphatic carbocycles. The molecule has 1 aromatic carbocycles. The highest BCUT2D eigenvalue weighted by Gasteiger charge is 2.51. The predicted molar refractivity (Wildman–Crippen MR) is 118 cm³/mol.